The normalized spacial score (nSPS) is 38.8. The largest absolute Gasteiger partial charge is 0.394 e. The topological polar surface area (TPSA) is 179 Å². The maximum absolute atomic E-state index is 10.6. The van der Waals surface area contributed by atoms with Gasteiger partial charge in [-0.3, -0.25) is 0 Å². The van der Waals surface area contributed by atoms with Gasteiger partial charge in [0.1, 0.15) is 48.8 Å². The number of aliphatic hydroxyl groups is 7. The summed E-state index contributed by atoms with van der Waals surface area (Å²) in [6.45, 7) is 1.29. The molecule has 0 radical (unpaired) electrons. The quantitative estimate of drug-likeness (QED) is 0.141. The van der Waals surface area contributed by atoms with Gasteiger partial charge in [0, 0.05) is 6.61 Å². The summed E-state index contributed by atoms with van der Waals surface area (Å²) in [5.74, 6) is 0. The lowest BCUT2D eigenvalue weighted by Gasteiger charge is -2.45. The Bertz CT molecular complexity index is 535. The molecule has 2 unspecified atom stereocenters. The van der Waals surface area contributed by atoms with E-state index < -0.39 is 74.6 Å². The third kappa shape index (κ3) is 8.31. The van der Waals surface area contributed by atoms with Gasteiger partial charge < -0.3 is 54.7 Å². The summed E-state index contributed by atoms with van der Waals surface area (Å²) in [4.78, 5) is 0. The highest BCUT2D eigenvalue weighted by Crippen LogP contribution is 2.29. The molecule has 0 spiro atoms. The van der Waals surface area contributed by atoms with Crippen LogP contribution in [0.25, 0.3) is 0 Å². The molecule has 2 saturated heterocycles. The lowest BCUT2D eigenvalue weighted by atomic mass is 9.97. The molecule has 0 aromatic carbocycles. The molecule has 10 atom stereocenters. The number of unbranched alkanes of at least 4 members (excludes halogenated alkanes) is 8. The third-order valence-corrected chi connectivity index (χ3v) is 6.49. The lowest BCUT2D eigenvalue weighted by molar-refractivity contribution is -0.359. The molecule has 0 aromatic heterocycles. The second-order valence-electron chi connectivity index (χ2n) is 9.20. The molecule has 2 aliphatic rings. The molecule has 0 saturated carbocycles. The molecule has 0 bridgehead atoms. The van der Waals surface area contributed by atoms with Gasteiger partial charge in [0.2, 0.25) is 0 Å². The summed E-state index contributed by atoms with van der Waals surface area (Å²) in [6, 6.07) is 0. The van der Waals surface area contributed by atoms with Gasteiger partial charge in [0.05, 0.1) is 13.2 Å². The Morgan fingerprint density at radius 2 is 1.12 bits per heavy atom. The molecule has 7 N–H and O–H groups in total. The van der Waals surface area contributed by atoms with Crippen LogP contribution in [0, 0.1) is 0 Å². The van der Waals surface area contributed by atoms with E-state index in [1.807, 2.05) is 0 Å². The highest BCUT2D eigenvalue weighted by molar-refractivity contribution is 4.94. The summed E-state index contributed by atoms with van der Waals surface area (Å²) in [7, 11) is 0. The molecule has 2 aliphatic heterocycles. The first-order valence-electron chi connectivity index (χ1n) is 12.6. The van der Waals surface area contributed by atoms with E-state index >= 15 is 0 Å². The Morgan fingerprint density at radius 1 is 0.588 bits per heavy atom. The van der Waals surface area contributed by atoms with Gasteiger partial charge in [-0.25, -0.2) is 0 Å². The average Bonchev–Trinajstić information content (AvgIpc) is 2.84. The van der Waals surface area contributed by atoms with E-state index in [1.165, 1.54) is 38.5 Å². The molecule has 2 heterocycles. The van der Waals surface area contributed by atoms with Gasteiger partial charge in [-0.2, -0.15) is 0 Å². The molecule has 202 valence electrons. The fraction of sp³-hybridized carbons (Fsp3) is 1.00. The molecular formula is C23H44O11. The first-order chi connectivity index (χ1) is 16.3. The van der Waals surface area contributed by atoms with Crippen molar-refractivity contribution in [2.24, 2.45) is 0 Å². The maximum atomic E-state index is 10.6. The van der Waals surface area contributed by atoms with Gasteiger partial charge in [-0.05, 0) is 6.42 Å². The average molecular weight is 497 g/mol. The Morgan fingerprint density at radius 3 is 1.71 bits per heavy atom. The Labute approximate surface area is 201 Å². The molecule has 34 heavy (non-hydrogen) atoms. The van der Waals surface area contributed by atoms with Crippen molar-refractivity contribution in [2.75, 3.05) is 19.8 Å². The van der Waals surface area contributed by atoms with Gasteiger partial charge in [-0.15, -0.1) is 0 Å². The zero-order valence-corrected chi connectivity index (χ0v) is 20.0. The molecule has 2 rings (SSSR count). The highest BCUT2D eigenvalue weighted by atomic mass is 16.7. The number of hydrogen-bond donors (Lipinski definition) is 7. The van der Waals surface area contributed by atoms with E-state index in [0.717, 1.165) is 19.3 Å². The summed E-state index contributed by atoms with van der Waals surface area (Å²) in [5.41, 5.74) is 0. The van der Waals surface area contributed by atoms with Gasteiger partial charge in [-0.1, -0.05) is 58.3 Å². The third-order valence-electron chi connectivity index (χ3n) is 6.49. The van der Waals surface area contributed by atoms with Crippen molar-refractivity contribution >= 4 is 0 Å². The minimum Gasteiger partial charge on any atom is -0.394 e. The Balaban J connectivity index is 1.78. The van der Waals surface area contributed by atoms with E-state index in [4.69, 9.17) is 18.9 Å². The molecule has 11 nitrogen and oxygen atoms in total. The summed E-state index contributed by atoms with van der Waals surface area (Å²) in [6.07, 6.45) is -3.99. The fourth-order valence-electron chi connectivity index (χ4n) is 4.31. The van der Waals surface area contributed by atoms with Crippen molar-refractivity contribution in [2.45, 2.75) is 126 Å². The minimum absolute atomic E-state index is 0.320. The maximum Gasteiger partial charge on any atom is 0.187 e. The van der Waals surface area contributed by atoms with Crippen LogP contribution < -0.4 is 0 Å². The number of ether oxygens (including phenoxy) is 4. The Kier molecular flexibility index (Phi) is 13.7. The van der Waals surface area contributed by atoms with Crippen LogP contribution in [0.3, 0.4) is 0 Å². The van der Waals surface area contributed by atoms with Crippen LogP contribution in [0.1, 0.15) is 64.7 Å². The number of rotatable bonds is 15. The van der Waals surface area contributed by atoms with E-state index in [9.17, 15) is 35.7 Å². The first kappa shape index (κ1) is 29.8. The van der Waals surface area contributed by atoms with Crippen LogP contribution in [0.2, 0.25) is 0 Å². The summed E-state index contributed by atoms with van der Waals surface area (Å²) >= 11 is 0. The SMILES string of the molecule is CCCCCCCCCCCO[C@@H]1O[C@H](CO)[C@@H](O[C@H]2O[C@H](CO)[C@@H](O)[C@H](O)C2O)C(O)[C@H]1O. The van der Waals surface area contributed by atoms with E-state index in [-0.39, 0.29) is 0 Å². The molecule has 0 aromatic rings. The zero-order valence-electron chi connectivity index (χ0n) is 20.0. The standard InChI is InChI=1S/C23H44O11/c1-2-3-4-5-6-7-8-9-10-11-31-22-20(30)18(28)21(15(13-25)33-22)34-23-19(29)17(27)16(26)14(12-24)32-23/h14-30H,2-13H2,1H3/t14-,15-,16-,17+,18?,19?,20-,21-,22-,23-/m1/s1. The molecule has 11 heteroatoms. The zero-order chi connectivity index (χ0) is 25.1. The molecule has 0 amide bonds. The van der Waals surface area contributed by atoms with Crippen molar-refractivity contribution in [1.29, 1.82) is 0 Å². The van der Waals surface area contributed by atoms with Crippen LogP contribution in [0.4, 0.5) is 0 Å². The van der Waals surface area contributed by atoms with Crippen LogP contribution in [0.15, 0.2) is 0 Å². The van der Waals surface area contributed by atoms with Gasteiger partial charge in [0.15, 0.2) is 12.6 Å². The van der Waals surface area contributed by atoms with Crippen molar-refractivity contribution in [3.8, 4) is 0 Å². The number of aliphatic hydroxyl groups excluding tert-OH is 7. The minimum atomic E-state index is -1.69. The molecule has 2 fully saturated rings. The second kappa shape index (κ2) is 15.6. The van der Waals surface area contributed by atoms with Crippen LogP contribution in [0.5, 0.6) is 0 Å². The predicted molar refractivity (Wildman–Crippen MR) is 120 cm³/mol. The lowest BCUT2D eigenvalue weighted by Crippen LogP contribution is -2.64. The van der Waals surface area contributed by atoms with Crippen LogP contribution >= 0.6 is 0 Å². The van der Waals surface area contributed by atoms with Crippen molar-refractivity contribution in [3.05, 3.63) is 0 Å². The van der Waals surface area contributed by atoms with Crippen molar-refractivity contribution in [1.82, 2.24) is 0 Å². The Hall–Kier alpha value is -0.440. The van der Waals surface area contributed by atoms with Crippen LogP contribution in [-0.4, -0.2) is 117 Å². The summed E-state index contributed by atoms with van der Waals surface area (Å²) < 4.78 is 22.0. The van der Waals surface area contributed by atoms with Crippen LogP contribution in [-0.2, 0) is 18.9 Å². The van der Waals surface area contributed by atoms with Crippen molar-refractivity contribution < 1.29 is 54.7 Å². The van der Waals surface area contributed by atoms with E-state index in [1.54, 1.807) is 0 Å². The predicted octanol–water partition coefficient (Wildman–Crippen LogP) is -0.842. The number of hydrogen-bond acceptors (Lipinski definition) is 11. The van der Waals surface area contributed by atoms with E-state index in [2.05, 4.69) is 6.92 Å². The first-order valence-corrected chi connectivity index (χ1v) is 12.6. The van der Waals surface area contributed by atoms with E-state index in [0.29, 0.717) is 6.61 Å². The van der Waals surface area contributed by atoms with Crippen molar-refractivity contribution in [3.63, 3.8) is 0 Å². The molecular weight excluding hydrogens is 452 g/mol. The highest BCUT2D eigenvalue weighted by Gasteiger charge is 2.50. The summed E-state index contributed by atoms with van der Waals surface area (Å²) in [5, 5.41) is 70.0. The van der Waals surface area contributed by atoms with Gasteiger partial charge in [0.25, 0.3) is 0 Å². The second-order valence-corrected chi connectivity index (χ2v) is 9.20. The fourth-order valence-corrected chi connectivity index (χ4v) is 4.31. The molecule has 0 aliphatic carbocycles. The monoisotopic (exact) mass is 496 g/mol. The van der Waals surface area contributed by atoms with Gasteiger partial charge >= 0.3 is 0 Å². The smallest absolute Gasteiger partial charge is 0.187 e.